The number of ether oxygens (including phenoxy) is 1. The molecule has 4 rings (SSSR count). The number of nitriles is 1. The molecule has 7 nitrogen and oxygen atoms in total. The van der Waals surface area contributed by atoms with Crippen LogP contribution >= 0.6 is 0 Å². The highest BCUT2D eigenvalue weighted by Crippen LogP contribution is 2.43. The second kappa shape index (κ2) is 10.2. The van der Waals surface area contributed by atoms with Crippen molar-refractivity contribution in [3.8, 4) is 6.07 Å². The summed E-state index contributed by atoms with van der Waals surface area (Å²) in [6.07, 6.45) is 9.84. The van der Waals surface area contributed by atoms with E-state index in [1.54, 1.807) is 0 Å². The van der Waals surface area contributed by atoms with Crippen LogP contribution in [0.25, 0.3) is 5.57 Å². The molecule has 4 atom stereocenters. The summed E-state index contributed by atoms with van der Waals surface area (Å²) in [6, 6.07) is 7.70. The SMILES string of the molecule is C[C@H]([C@@H]1CCC[C@H](C)O1)[C@](C)(O)c1ccc(NC(=O)c2nc(C#N)c[nH]2)c(C2=CCC(C)(C)CC2)c1. The molecule has 0 saturated carbocycles. The molecule has 1 aliphatic carbocycles. The summed E-state index contributed by atoms with van der Waals surface area (Å²) in [5, 5.41) is 23.8. The number of allylic oxidation sites excluding steroid dienone is 2. The molecule has 1 amide bonds. The van der Waals surface area contributed by atoms with Gasteiger partial charge in [0.1, 0.15) is 6.07 Å². The fourth-order valence-corrected chi connectivity index (χ4v) is 5.27. The topological polar surface area (TPSA) is 111 Å². The van der Waals surface area contributed by atoms with E-state index < -0.39 is 11.5 Å². The van der Waals surface area contributed by atoms with Crippen LogP contribution in [0.1, 0.15) is 101 Å². The molecule has 1 aromatic carbocycles. The number of amides is 1. The van der Waals surface area contributed by atoms with Crippen LogP contribution in [0.5, 0.6) is 0 Å². The number of rotatable bonds is 6. The van der Waals surface area contributed by atoms with Crippen molar-refractivity contribution in [2.45, 2.75) is 91.0 Å². The lowest BCUT2D eigenvalue weighted by Gasteiger charge is -2.40. The van der Waals surface area contributed by atoms with Crippen molar-refractivity contribution in [3.63, 3.8) is 0 Å². The van der Waals surface area contributed by atoms with Gasteiger partial charge in [-0.15, -0.1) is 0 Å². The van der Waals surface area contributed by atoms with Crippen LogP contribution in [-0.2, 0) is 10.3 Å². The Balaban J connectivity index is 1.67. The van der Waals surface area contributed by atoms with E-state index in [0.717, 1.165) is 55.2 Å². The third-order valence-corrected chi connectivity index (χ3v) is 8.03. The summed E-state index contributed by atoms with van der Waals surface area (Å²) < 4.78 is 6.20. The van der Waals surface area contributed by atoms with Gasteiger partial charge in [-0.2, -0.15) is 5.26 Å². The summed E-state index contributed by atoms with van der Waals surface area (Å²) in [6.45, 7) is 10.5. The summed E-state index contributed by atoms with van der Waals surface area (Å²) in [7, 11) is 0. The summed E-state index contributed by atoms with van der Waals surface area (Å²) in [5.74, 6) is -0.420. The van der Waals surface area contributed by atoms with Gasteiger partial charge < -0.3 is 20.1 Å². The zero-order valence-electron chi connectivity index (χ0n) is 22.0. The molecule has 2 heterocycles. The van der Waals surface area contributed by atoms with E-state index in [-0.39, 0.29) is 35.1 Å². The van der Waals surface area contributed by atoms with Gasteiger partial charge in [-0.05, 0) is 81.1 Å². The van der Waals surface area contributed by atoms with Crippen molar-refractivity contribution in [2.24, 2.45) is 11.3 Å². The van der Waals surface area contributed by atoms with Crippen LogP contribution in [0, 0.1) is 22.7 Å². The zero-order valence-corrected chi connectivity index (χ0v) is 22.0. The lowest BCUT2D eigenvalue weighted by Crippen LogP contribution is -2.42. The highest BCUT2D eigenvalue weighted by molar-refractivity contribution is 6.03. The molecule has 1 saturated heterocycles. The van der Waals surface area contributed by atoms with Gasteiger partial charge in [0.25, 0.3) is 5.91 Å². The van der Waals surface area contributed by atoms with Gasteiger partial charge >= 0.3 is 0 Å². The first-order chi connectivity index (χ1) is 17.0. The van der Waals surface area contributed by atoms with Crippen molar-refractivity contribution >= 4 is 17.2 Å². The van der Waals surface area contributed by atoms with E-state index in [4.69, 9.17) is 10.00 Å². The number of carbonyl (C=O) groups is 1. The van der Waals surface area contributed by atoms with Crippen molar-refractivity contribution in [1.82, 2.24) is 9.97 Å². The molecule has 1 aromatic heterocycles. The van der Waals surface area contributed by atoms with E-state index in [1.165, 1.54) is 6.20 Å². The quantitative estimate of drug-likeness (QED) is 0.465. The first-order valence-electron chi connectivity index (χ1n) is 13.0. The average Bonchev–Trinajstić information content (AvgIpc) is 3.33. The van der Waals surface area contributed by atoms with Gasteiger partial charge in [0, 0.05) is 23.4 Å². The average molecular weight is 491 g/mol. The monoisotopic (exact) mass is 490 g/mol. The van der Waals surface area contributed by atoms with E-state index in [1.807, 2.05) is 31.2 Å². The van der Waals surface area contributed by atoms with Gasteiger partial charge in [-0.3, -0.25) is 4.79 Å². The Bertz CT molecular complexity index is 1190. The number of carbonyl (C=O) groups excluding carboxylic acids is 1. The Kier molecular flexibility index (Phi) is 7.40. The number of anilines is 1. The fourth-order valence-electron chi connectivity index (χ4n) is 5.27. The minimum atomic E-state index is -1.10. The van der Waals surface area contributed by atoms with Crippen LogP contribution in [0.3, 0.4) is 0 Å². The third kappa shape index (κ3) is 5.55. The van der Waals surface area contributed by atoms with Crippen molar-refractivity contribution < 1.29 is 14.6 Å². The van der Waals surface area contributed by atoms with Crippen LogP contribution in [0.2, 0.25) is 0 Å². The molecule has 36 heavy (non-hydrogen) atoms. The number of H-pyrrole nitrogens is 1. The number of aromatic nitrogens is 2. The molecule has 0 radical (unpaired) electrons. The second-order valence-corrected chi connectivity index (χ2v) is 11.4. The number of imidazole rings is 1. The Morgan fingerprint density at radius 1 is 1.39 bits per heavy atom. The van der Waals surface area contributed by atoms with Crippen LogP contribution < -0.4 is 5.32 Å². The van der Waals surface area contributed by atoms with E-state index in [0.29, 0.717) is 5.69 Å². The number of aromatic amines is 1. The number of nitrogens with one attached hydrogen (secondary N) is 2. The maximum atomic E-state index is 12.9. The lowest BCUT2D eigenvalue weighted by atomic mass is 9.75. The second-order valence-electron chi connectivity index (χ2n) is 11.4. The summed E-state index contributed by atoms with van der Waals surface area (Å²) in [4.78, 5) is 19.7. The molecule has 0 spiro atoms. The van der Waals surface area contributed by atoms with Crippen molar-refractivity contribution in [1.29, 1.82) is 5.26 Å². The van der Waals surface area contributed by atoms with E-state index >= 15 is 0 Å². The molecule has 0 bridgehead atoms. The molecule has 3 N–H and O–H groups in total. The third-order valence-electron chi connectivity index (χ3n) is 8.03. The Morgan fingerprint density at radius 2 is 2.17 bits per heavy atom. The molecule has 1 aliphatic heterocycles. The molecule has 1 fully saturated rings. The minimum Gasteiger partial charge on any atom is -0.385 e. The highest BCUT2D eigenvalue weighted by Gasteiger charge is 2.39. The van der Waals surface area contributed by atoms with Gasteiger partial charge in [-0.1, -0.05) is 32.9 Å². The number of hydrogen-bond acceptors (Lipinski definition) is 5. The Hall–Kier alpha value is -2.95. The maximum Gasteiger partial charge on any atom is 0.291 e. The highest BCUT2D eigenvalue weighted by atomic mass is 16.5. The van der Waals surface area contributed by atoms with Crippen molar-refractivity contribution in [3.05, 3.63) is 53.1 Å². The van der Waals surface area contributed by atoms with E-state index in [2.05, 4.69) is 49.1 Å². The smallest absolute Gasteiger partial charge is 0.291 e. The normalized spacial score (nSPS) is 24.2. The largest absolute Gasteiger partial charge is 0.385 e. The lowest BCUT2D eigenvalue weighted by molar-refractivity contribution is -0.123. The summed E-state index contributed by atoms with van der Waals surface area (Å²) >= 11 is 0. The Morgan fingerprint density at radius 3 is 2.81 bits per heavy atom. The van der Waals surface area contributed by atoms with E-state index in [9.17, 15) is 9.90 Å². The number of hydrogen-bond donors (Lipinski definition) is 3. The molecule has 2 aromatic rings. The number of benzene rings is 1. The van der Waals surface area contributed by atoms with Gasteiger partial charge in [-0.25, -0.2) is 4.98 Å². The predicted octanol–water partition coefficient (Wildman–Crippen LogP) is 5.93. The first-order valence-corrected chi connectivity index (χ1v) is 13.0. The predicted molar refractivity (Wildman–Crippen MR) is 140 cm³/mol. The molecular formula is C29H38N4O3. The zero-order chi connectivity index (χ0) is 26.1. The number of nitrogens with zero attached hydrogens (tertiary/aromatic N) is 2. The Labute approximate surface area is 214 Å². The molecule has 192 valence electrons. The first kappa shape index (κ1) is 26.1. The van der Waals surface area contributed by atoms with Gasteiger partial charge in [0.2, 0.25) is 0 Å². The standard InChI is InChI=1S/C29H38N4O3/c1-18-7-6-8-25(36-18)19(2)29(5,35)21-9-10-24(33-27(34)26-31-17-22(16-30)32-26)23(15-21)20-11-13-28(3,4)14-12-20/h9-11,15,17-19,25,35H,6-8,12-14H2,1-5H3,(H,31,32)(H,33,34)/t18-,19+,25-,29-/m0/s1. The van der Waals surface area contributed by atoms with Gasteiger partial charge in [0.15, 0.2) is 11.5 Å². The molecule has 7 heteroatoms. The summed E-state index contributed by atoms with van der Waals surface area (Å²) in [5.41, 5.74) is 2.84. The van der Waals surface area contributed by atoms with Crippen molar-refractivity contribution in [2.75, 3.05) is 5.32 Å². The minimum absolute atomic E-state index is 0.00504. The van der Waals surface area contributed by atoms with Gasteiger partial charge in [0.05, 0.1) is 17.8 Å². The van der Waals surface area contributed by atoms with Crippen LogP contribution in [0.15, 0.2) is 30.5 Å². The molecule has 0 unspecified atom stereocenters. The molecule has 2 aliphatic rings. The van der Waals surface area contributed by atoms with Crippen LogP contribution in [0.4, 0.5) is 5.69 Å². The van der Waals surface area contributed by atoms with Crippen LogP contribution in [-0.4, -0.2) is 33.2 Å². The number of aliphatic hydroxyl groups is 1. The fraction of sp³-hybridized carbons (Fsp3) is 0.552. The molecular weight excluding hydrogens is 452 g/mol. The maximum absolute atomic E-state index is 12.9.